The number of benzene rings is 2. The lowest BCUT2D eigenvalue weighted by molar-refractivity contribution is 0.100. The molecule has 2 aromatic carbocycles. The minimum Gasteiger partial charge on any atom is -0.369 e. The lowest BCUT2D eigenvalue weighted by Crippen LogP contribution is -2.46. The average molecular weight is 426 g/mol. The molecule has 1 amide bonds. The highest BCUT2D eigenvalue weighted by molar-refractivity contribution is 6.30. The van der Waals surface area contributed by atoms with Crippen LogP contribution in [0.4, 0.5) is 5.69 Å². The van der Waals surface area contributed by atoms with Crippen LogP contribution in [0, 0.1) is 5.92 Å². The summed E-state index contributed by atoms with van der Waals surface area (Å²) < 4.78 is 0. The zero-order chi connectivity index (χ0) is 21.7. The van der Waals surface area contributed by atoms with Gasteiger partial charge in [0.2, 0.25) is 5.91 Å². The molecule has 1 heterocycles. The van der Waals surface area contributed by atoms with Crippen molar-refractivity contribution in [3.63, 3.8) is 0 Å². The average Bonchev–Trinajstić information content (AvgIpc) is 2.73. The molecule has 4 nitrogen and oxygen atoms in total. The van der Waals surface area contributed by atoms with Crippen molar-refractivity contribution in [2.45, 2.75) is 27.2 Å². The van der Waals surface area contributed by atoms with E-state index in [1.165, 1.54) is 16.7 Å². The molecule has 160 valence electrons. The number of hydrogen-bond acceptors (Lipinski definition) is 3. The Labute approximate surface area is 185 Å². The fourth-order valence-corrected chi connectivity index (χ4v) is 4.16. The smallest absolute Gasteiger partial charge is 0.248 e. The number of carbonyl (C=O) groups is 1. The van der Waals surface area contributed by atoms with Crippen molar-refractivity contribution in [2.75, 3.05) is 37.6 Å². The molecule has 3 rings (SSSR count). The van der Waals surface area contributed by atoms with Crippen LogP contribution in [-0.2, 0) is 0 Å². The van der Waals surface area contributed by atoms with Gasteiger partial charge in [0.25, 0.3) is 0 Å². The quantitative estimate of drug-likeness (QED) is 0.672. The first-order valence-electron chi connectivity index (χ1n) is 10.6. The van der Waals surface area contributed by atoms with E-state index in [0.717, 1.165) is 49.9 Å². The minimum atomic E-state index is -0.383. The maximum Gasteiger partial charge on any atom is 0.248 e. The van der Waals surface area contributed by atoms with Gasteiger partial charge < -0.3 is 10.6 Å². The number of anilines is 1. The predicted octanol–water partition coefficient (Wildman–Crippen LogP) is 5.08. The summed E-state index contributed by atoms with van der Waals surface area (Å²) in [5, 5.41) is 0.778. The zero-order valence-corrected chi connectivity index (χ0v) is 19.0. The third-order valence-electron chi connectivity index (χ3n) is 5.67. The Kier molecular flexibility index (Phi) is 7.57. The molecule has 5 heteroatoms. The second-order valence-corrected chi connectivity index (χ2v) is 8.97. The van der Waals surface area contributed by atoms with Gasteiger partial charge in [-0.05, 0) is 66.8 Å². The normalized spacial score (nSPS) is 16.0. The number of rotatable bonds is 7. The topological polar surface area (TPSA) is 49.6 Å². The van der Waals surface area contributed by atoms with E-state index in [9.17, 15) is 4.79 Å². The lowest BCUT2D eigenvalue weighted by atomic mass is 9.92. The largest absolute Gasteiger partial charge is 0.369 e. The van der Waals surface area contributed by atoms with E-state index >= 15 is 0 Å². The molecule has 0 aliphatic carbocycles. The standard InChI is InChI=1S/C25H32ClN3O/c1-18(2)16-24(20-4-8-22(26)9-5-20)19(3)17-28-12-14-29(15-13-28)23-10-6-21(7-11-23)25(27)30/h4-11,18H,12-17H2,1-3H3,(H2,27,30). The lowest BCUT2D eigenvalue weighted by Gasteiger charge is -2.36. The number of nitrogens with two attached hydrogens (primary N) is 1. The molecule has 0 spiro atoms. The van der Waals surface area contributed by atoms with E-state index in [4.69, 9.17) is 17.3 Å². The summed E-state index contributed by atoms with van der Waals surface area (Å²) in [5.41, 5.74) is 11.2. The number of halogens is 1. The Morgan fingerprint density at radius 2 is 1.53 bits per heavy atom. The van der Waals surface area contributed by atoms with Crippen LogP contribution < -0.4 is 10.6 Å². The summed E-state index contributed by atoms with van der Waals surface area (Å²) in [6.45, 7) is 11.8. The number of piperazine rings is 1. The molecule has 0 radical (unpaired) electrons. The van der Waals surface area contributed by atoms with E-state index in [1.807, 2.05) is 24.3 Å². The Balaban J connectivity index is 1.65. The summed E-state index contributed by atoms with van der Waals surface area (Å²) in [6, 6.07) is 15.8. The van der Waals surface area contributed by atoms with E-state index in [0.29, 0.717) is 11.5 Å². The molecular formula is C25H32ClN3O. The molecule has 0 atom stereocenters. The van der Waals surface area contributed by atoms with Gasteiger partial charge in [-0.3, -0.25) is 9.69 Å². The first-order chi connectivity index (χ1) is 14.3. The van der Waals surface area contributed by atoms with Gasteiger partial charge in [-0.25, -0.2) is 0 Å². The Morgan fingerprint density at radius 3 is 2.07 bits per heavy atom. The molecular weight excluding hydrogens is 394 g/mol. The van der Waals surface area contributed by atoms with Gasteiger partial charge in [0.05, 0.1) is 0 Å². The van der Waals surface area contributed by atoms with Gasteiger partial charge in [0.1, 0.15) is 0 Å². The first kappa shape index (κ1) is 22.4. The maximum atomic E-state index is 11.3. The summed E-state index contributed by atoms with van der Waals surface area (Å²) in [6.07, 6.45) is 1.07. The van der Waals surface area contributed by atoms with Crippen molar-refractivity contribution in [1.82, 2.24) is 4.90 Å². The molecule has 0 unspecified atom stereocenters. The number of allylic oxidation sites excluding steroid dienone is 1. The van der Waals surface area contributed by atoms with Crippen LogP contribution in [0.15, 0.2) is 54.1 Å². The van der Waals surface area contributed by atoms with Gasteiger partial charge in [0, 0.05) is 49.0 Å². The van der Waals surface area contributed by atoms with Crippen molar-refractivity contribution < 1.29 is 4.79 Å². The van der Waals surface area contributed by atoms with Crippen molar-refractivity contribution in [3.8, 4) is 0 Å². The van der Waals surface area contributed by atoms with Crippen molar-refractivity contribution in [2.24, 2.45) is 11.7 Å². The molecule has 2 N–H and O–H groups in total. The first-order valence-corrected chi connectivity index (χ1v) is 11.0. The highest BCUT2D eigenvalue weighted by Gasteiger charge is 2.19. The van der Waals surface area contributed by atoms with E-state index in [1.54, 1.807) is 12.1 Å². The maximum absolute atomic E-state index is 11.3. The van der Waals surface area contributed by atoms with E-state index < -0.39 is 0 Å². The minimum absolute atomic E-state index is 0.383. The fraction of sp³-hybridized carbons (Fsp3) is 0.400. The Bertz CT molecular complexity index is 880. The zero-order valence-electron chi connectivity index (χ0n) is 18.2. The van der Waals surface area contributed by atoms with Crippen LogP contribution in [0.5, 0.6) is 0 Å². The molecule has 0 bridgehead atoms. The van der Waals surface area contributed by atoms with Crippen LogP contribution in [0.25, 0.3) is 5.57 Å². The van der Waals surface area contributed by atoms with E-state index in [2.05, 4.69) is 42.7 Å². The van der Waals surface area contributed by atoms with Crippen molar-refractivity contribution >= 4 is 28.8 Å². The summed E-state index contributed by atoms with van der Waals surface area (Å²) in [5.74, 6) is 0.220. The molecule has 2 aromatic rings. The summed E-state index contributed by atoms with van der Waals surface area (Å²) in [4.78, 5) is 16.2. The van der Waals surface area contributed by atoms with Crippen LogP contribution >= 0.6 is 11.6 Å². The van der Waals surface area contributed by atoms with Crippen LogP contribution in [0.2, 0.25) is 5.02 Å². The monoisotopic (exact) mass is 425 g/mol. The predicted molar refractivity (Wildman–Crippen MR) is 127 cm³/mol. The highest BCUT2D eigenvalue weighted by Crippen LogP contribution is 2.28. The number of primary amides is 1. The molecule has 1 fully saturated rings. The SMILES string of the molecule is CC(CN1CCN(c2ccc(C(N)=O)cc2)CC1)=C(CC(C)C)c1ccc(Cl)cc1. The number of hydrogen-bond donors (Lipinski definition) is 1. The fourth-order valence-electron chi connectivity index (χ4n) is 4.03. The molecule has 1 saturated heterocycles. The van der Waals surface area contributed by atoms with Gasteiger partial charge >= 0.3 is 0 Å². The summed E-state index contributed by atoms with van der Waals surface area (Å²) in [7, 11) is 0. The highest BCUT2D eigenvalue weighted by atomic mass is 35.5. The Hall–Kier alpha value is -2.30. The molecule has 30 heavy (non-hydrogen) atoms. The third-order valence-corrected chi connectivity index (χ3v) is 5.92. The van der Waals surface area contributed by atoms with Gasteiger partial charge in [0.15, 0.2) is 0 Å². The van der Waals surface area contributed by atoms with Crippen LogP contribution in [0.3, 0.4) is 0 Å². The molecule has 1 aliphatic rings. The molecule has 0 saturated carbocycles. The van der Waals surface area contributed by atoms with E-state index in [-0.39, 0.29) is 5.91 Å². The van der Waals surface area contributed by atoms with Crippen LogP contribution in [0.1, 0.15) is 43.1 Å². The Morgan fingerprint density at radius 1 is 0.967 bits per heavy atom. The third kappa shape index (κ3) is 5.87. The number of amides is 1. The molecule has 0 aromatic heterocycles. The summed E-state index contributed by atoms with van der Waals surface area (Å²) >= 11 is 6.09. The second-order valence-electron chi connectivity index (χ2n) is 8.54. The number of carbonyl (C=O) groups excluding carboxylic acids is 1. The van der Waals surface area contributed by atoms with Gasteiger partial charge in [-0.2, -0.15) is 0 Å². The van der Waals surface area contributed by atoms with Crippen molar-refractivity contribution in [1.29, 1.82) is 0 Å². The van der Waals surface area contributed by atoms with Crippen molar-refractivity contribution in [3.05, 3.63) is 70.3 Å². The van der Waals surface area contributed by atoms with Gasteiger partial charge in [-0.1, -0.05) is 43.2 Å². The van der Waals surface area contributed by atoms with Crippen LogP contribution in [-0.4, -0.2) is 43.5 Å². The second kappa shape index (κ2) is 10.1. The van der Waals surface area contributed by atoms with Gasteiger partial charge in [-0.15, -0.1) is 0 Å². The molecule has 1 aliphatic heterocycles. The number of nitrogens with zero attached hydrogens (tertiary/aromatic N) is 2.